The van der Waals surface area contributed by atoms with Crippen molar-refractivity contribution < 1.29 is 5.11 Å². The Morgan fingerprint density at radius 2 is 2.24 bits per heavy atom. The molecule has 1 unspecified atom stereocenters. The Balaban J connectivity index is 2.19. The molecule has 3 N–H and O–H groups in total. The van der Waals surface area contributed by atoms with E-state index in [2.05, 4.69) is 14.9 Å². The van der Waals surface area contributed by atoms with Crippen LogP contribution in [0.3, 0.4) is 0 Å². The van der Waals surface area contributed by atoms with Crippen molar-refractivity contribution in [3.63, 3.8) is 0 Å². The van der Waals surface area contributed by atoms with Crippen LogP contribution < -0.4 is 10.6 Å². The summed E-state index contributed by atoms with van der Waals surface area (Å²) in [6, 6.07) is 0. The Morgan fingerprint density at radius 1 is 1.47 bits per heavy atom. The maximum absolute atomic E-state index is 10.0. The second-order valence-electron chi connectivity index (χ2n) is 4.74. The van der Waals surface area contributed by atoms with Gasteiger partial charge in [0.15, 0.2) is 5.82 Å². The number of aliphatic hydroxyl groups is 1. The quantitative estimate of drug-likeness (QED) is 0.796. The molecule has 0 amide bonds. The van der Waals surface area contributed by atoms with Gasteiger partial charge in [0.05, 0.1) is 11.8 Å². The molecule has 1 aromatic rings. The summed E-state index contributed by atoms with van der Waals surface area (Å²) in [5, 5.41) is 10.5. The molecule has 0 aromatic carbocycles. The first-order chi connectivity index (χ1) is 7.98. The summed E-state index contributed by atoms with van der Waals surface area (Å²) in [5.41, 5.74) is 4.97. The van der Waals surface area contributed by atoms with Gasteiger partial charge in [0.1, 0.15) is 5.02 Å². The van der Waals surface area contributed by atoms with Gasteiger partial charge in [0.25, 0.3) is 0 Å². The molecule has 6 heteroatoms. The Labute approximate surface area is 106 Å². The Kier molecular flexibility index (Phi) is 3.40. The molecule has 1 saturated heterocycles. The molecule has 2 rings (SSSR count). The summed E-state index contributed by atoms with van der Waals surface area (Å²) in [4.78, 5) is 10.1. The molecule has 0 radical (unpaired) electrons. The number of nitrogen functional groups attached to an aromatic ring is 1. The van der Waals surface area contributed by atoms with Gasteiger partial charge in [-0.3, -0.25) is 0 Å². The fourth-order valence-electron chi connectivity index (χ4n) is 2.07. The second kappa shape index (κ2) is 4.66. The van der Waals surface area contributed by atoms with Crippen LogP contribution in [0.2, 0.25) is 5.02 Å². The molecule has 1 atom stereocenters. The minimum atomic E-state index is -0.597. The van der Waals surface area contributed by atoms with E-state index >= 15 is 0 Å². The molecule has 17 heavy (non-hydrogen) atoms. The van der Waals surface area contributed by atoms with E-state index in [1.807, 2.05) is 6.92 Å². The number of hydrogen-bond acceptors (Lipinski definition) is 5. The summed E-state index contributed by atoms with van der Waals surface area (Å²) in [5.74, 6) is 0.886. The molecule has 1 aromatic heterocycles. The number of rotatable bonds is 1. The molecular weight excluding hydrogens is 240 g/mol. The van der Waals surface area contributed by atoms with Gasteiger partial charge < -0.3 is 15.7 Å². The number of aromatic nitrogens is 2. The predicted molar refractivity (Wildman–Crippen MR) is 68.1 cm³/mol. The lowest BCUT2D eigenvalue weighted by Crippen LogP contribution is -2.29. The monoisotopic (exact) mass is 256 g/mol. The van der Waals surface area contributed by atoms with Crippen LogP contribution in [0.15, 0.2) is 6.20 Å². The number of halogens is 1. The molecular formula is C11H17ClN4O. The van der Waals surface area contributed by atoms with Crippen LogP contribution in [0, 0.1) is 0 Å². The normalized spacial score (nSPS) is 25.7. The summed E-state index contributed by atoms with van der Waals surface area (Å²) in [7, 11) is 0. The Hall–Kier alpha value is -1.07. The Morgan fingerprint density at radius 3 is 3.00 bits per heavy atom. The van der Waals surface area contributed by atoms with Crippen LogP contribution in [0.25, 0.3) is 0 Å². The van der Waals surface area contributed by atoms with Gasteiger partial charge >= 0.3 is 0 Å². The van der Waals surface area contributed by atoms with Crippen molar-refractivity contribution >= 4 is 23.4 Å². The highest BCUT2D eigenvalue weighted by molar-refractivity contribution is 6.32. The highest BCUT2D eigenvalue weighted by Crippen LogP contribution is 2.28. The van der Waals surface area contributed by atoms with Crippen molar-refractivity contribution in [1.82, 2.24) is 9.97 Å². The fraction of sp³-hybridized carbons (Fsp3) is 0.636. The van der Waals surface area contributed by atoms with Crippen LogP contribution in [0.4, 0.5) is 11.8 Å². The third-order valence-electron chi connectivity index (χ3n) is 3.11. The van der Waals surface area contributed by atoms with Crippen LogP contribution in [-0.4, -0.2) is 33.8 Å². The first kappa shape index (κ1) is 12.4. The molecule has 0 spiro atoms. The van der Waals surface area contributed by atoms with Gasteiger partial charge in [-0.15, -0.1) is 0 Å². The average molecular weight is 257 g/mol. The van der Waals surface area contributed by atoms with E-state index < -0.39 is 5.60 Å². The zero-order chi connectivity index (χ0) is 12.5. The topological polar surface area (TPSA) is 75.3 Å². The van der Waals surface area contributed by atoms with Crippen LogP contribution in [0.5, 0.6) is 0 Å². The van der Waals surface area contributed by atoms with E-state index in [9.17, 15) is 5.11 Å². The molecule has 0 aliphatic carbocycles. The first-order valence-electron chi connectivity index (χ1n) is 5.73. The standard InChI is InChI=1S/C11H17ClN4O/c1-11(17)3-2-5-16(6-4-11)9-8(12)7-14-10(13)15-9/h7,17H,2-6H2,1H3,(H2,13,14,15). The van der Waals surface area contributed by atoms with Crippen LogP contribution in [-0.2, 0) is 0 Å². The number of nitrogens with zero attached hydrogens (tertiary/aromatic N) is 3. The van der Waals surface area contributed by atoms with Crippen molar-refractivity contribution in [3.05, 3.63) is 11.2 Å². The van der Waals surface area contributed by atoms with Gasteiger partial charge in [0.2, 0.25) is 5.95 Å². The van der Waals surface area contributed by atoms with Gasteiger partial charge in [-0.1, -0.05) is 11.6 Å². The number of anilines is 2. The molecule has 1 aliphatic heterocycles. The summed E-state index contributed by atoms with van der Waals surface area (Å²) in [6.45, 7) is 3.42. The predicted octanol–water partition coefficient (Wildman–Crippen LogP) is 1.45. The molecule has 1 aliphatic rings. The van der Waals surface area contributed by atoms with Crippen LogP contribution in [0.1, 0.15) is 26.2 Å². The van der Waals surface area contributed by atoms with E-state index in [-0.39, 0.29) is 5.95 Å². The van der Waals surface area contributed by atoms with Gasteiger partial charge in [0, 0.05) is 13.1 Å². The highest BCUT2D eigenvalue weighted by atomic mass is 35.5. The van der Waals surface area contributed by atoms with Crippen molar-refractivity contribution in [2.45, 2.75) is 31.8 Å². The zero-order valence-corrected chi connectivity index (χ0v) is 10.6. The molecule has 0 saturated carbocycles. The van der Waals surface area contributed by atoms with Gasteiger partial charge in [-0.25, -0.2) is 4.98 Å². The van der Waals surface area contributed by atoms with Crippen molar-refractivity contribution in [1.29, 1.82) is 0 Å². The second-order valence-corrected chi connectivity index (χ2v) is 5.14. The number of hydrogen-bond donors (Lipinski definition) is 2. The lowest BCUT2D eigenvalue weighted by atomic mass is 9.98. The Bertz CT molecular complexity index is 410. The SMILES string of the molecule is CC1(O)CCCN(c2nc(N)ncc2Cl)CC1. The highest BCUT2D eigenvalue weighted by Gasteiger charge is 2.26. The largest absolute Gasteiger partial charge is 0.390 e. The fourth-order valence-corrected chi connectivity index (χ4v) is 2.28. The van der Waals surface area contributed by atoms with E-state index in [4.69, 9.17) is 17.3 Å². The first-order valence-corrected chi connectivity index (χ1v) is 6.11. The third kappa shape index (κ3) is 2.98. The third-order valence-corrected chi connectivity index (χ3v) is 3.37. The van der Waals surface area contributed by atoms with Crippen molar-refractivity contribution in [2.75, 3.05) is 23.7 Å². The van der Waals surface area contributed by atoms with Gasteiger partial charge in [-0.2, -0.15) is 4.98 Å². The minimum absolute atomic E-state index is 0.223. The maximum atomic E-state index is 10.0. The summed E-state index contributed by atoms with van der Waals surface area (Å²) < 4.78 is 0. The van der Waals surface area contributed by atoms with Crippen molar-refractivity contribution in [3.8, 4) is 0 Å². The van der Waals surface area contributed by atoms with Gasteiger partial charge in [-0.05, 0) is 26.2 Å². The smallest absolute Gasteiger partial charge is 0.222 e. The van der Waals surface area contributed by atoms with E-state index in [0.717, 1.165) is 25.9 Å². The molecule has 0 bridgehead atoms. The zero-order valence-electron chi connectivity index (χ0n) is 9.86. The van der Waals surface area contributed by atoms with E-state index in [0.29, 0.717) is 17.3 Å². The molecule has 2 heterocycles. The average Bonchev–Trinajstić information content (AvgIpc) is 2.43. The van der Waals surface area contributed by atoms with E-state index in [1.165, 1.54) is 6.20 Å². The lowest BCUT2D eigenvalue weighted by molar-refractivity contribution is 0.0481. The van der Waals surface area contributed by atoms with Crippen molar-refractivity contribution in [2.24, 2.45) is 0 Å². The lowest BCUT2D eigenvalue weighted by Gasteiger charge is -2.23. The summed E-state index contributed by atoms with van der Waals surface area (Å²) >= 11 is 6.07. The molecule has 94 valence electrons. The van der Waals surface area contributed by atoms with E-state index in [1.54, 1.807) is 0 Å². The molecule has 1 fully saturated rings. The molecule has 5 nitrogen and oxygen atoms in total. The number of nitrogens with two attached hydrogens (primary N) is 1. The maximum Gasteiger partial charge on any atom is 0.222 e. The van der Waals surface area contributed by atoms with Crippen LogP contribution >= 0.6 is 11.6 Å². The minimum Gasteiger partial charge on any atom is -0.390 e. The summed E-state index contributed by atoms with van der Waals surface area (Å²) in [6.07, 6.45) is 3.92.